The molecule has 3 aromatic rings. The first kappa shape index (κ1) is 31.9. The van der Waals surface area contributed by atoms with Gasteiger partial charge >= 0.3 is 0 Å². The van der Waals surface area contributed by atoms with Crippen molar-refractivity contribution < 1.29 is 23.8 Å². The molecule has 1 fully saturated rings. The normalized spacial score (nSPS) is 22.9. The van der Waals surface area contributed by atoms with Gasteiger partial charge in [0.1, 0.15) is 17.0 Å². The van der Waals surface area contributed by atoms with E-state index in [0.29, 0.717) is 0 Å². The van der Waals surface area contributed by atoms with Crippen LogP contribution in [0.1, 0.15) is 49.3 Å². The molecule has 4 unspecified atom stereocenters. The molecule has 5 atom stereocenters. The summed E-state index contributed by atoms with van der Waals surface area (Å²) >= 11 is 12.3. The van der Waals surface area contributed by atoms with Crippen LogP contribution in [-0.2, 0) is 15.6 Å². The largest absolute Gasteiger partial charge is 0.394 e. The van der Waals surface area contributed by atoms with E-state index in [2.05, 4.69) is 16.7 Å². The fraction of sp³-hybridized carbons (Fsp3) is 0.375. The first-order valence-corrected chi connectivity index (χ1v) is 14.4. The lowest BCUT2D eigenvalue weighted by molar-refractivity contribution is -0.123. The molecule has 1 saturated heterocycles. The van der Waals surface area contributed by atoms with Crippen LogP contribution in [0.2, 0.25) is 10.0 Å². The quantitative estimate of drug-likeness (QED) is 0.245. The molecule has 0 radical (unpaired) electrons. The van der Waals surface area contributed by atoms with Crippen LogP contribution < -0.4 is 10.6 Å². The molecule has 222 valence electrons. The van der Waals surface area contributed by atoms with Crippen molar-refractivity contribution in [1.29, 1.82) is 5.26 Å². The number of nitriles is 1. The fourth-order valence-electron chi connectivity index (χ4n) is 6.03. The van der Waals surface area contributed by atoms with Gasteiger partial charge in [0.15, 0.2) is 0 Å². The second-order valence-electron chi connectivity index (χ2n) is 11.3. The summed E-state index contributed by atoms with van der Waals surface area (Å²) in [7, 11) is 0. The third-order valence-corrected chi connectivity index (χ3v) is 8.70. The predicted molar refractivity (Wildman–Crippen MR) is 158 cm³/mol. The minimum atomic E-state index is -1.78. The van der Waals surface area contributed by atoms with Gasteiger partial charge in [-0.05, 0) is 47.6 Å². The number of hydrogen-bond acceptors (Lipinski definition) is 5. The van der Waals surface area contributed by atoms with Crippen molar-refractivity contribution in [2.75, 3.05) is 13.2 Å². The van der Waals surface area contributed by atoms with E-state index in [4.69, 9.17) is 28.3 Å². The average molecular weight is 617 g/mol. The lowest BCUT2D eigenvalue weighted by Crippen LogP contribution is -2.47. The Morgan fingerprint density at radius 3 is 2.50 bits per heavy atom. The van der Waals surface area contributed by atoms with Crippen molar-refractivity contribution in [2.45, 2.75) is 61.6 Å². The van der Waals surface area contributed by atoms with Gasteiger partial charge in [0.05, 0.1) is 29.8 Å². The number of halogens is 4. The Hall–Kier alpha value is -3.06. The summed E-state index contributed by atoms with van der Waals surface area (Å²) < 4.78 is 31.7. The molecule has 6 nitrogen and oxygen atoms in total. The number of carbonyl (C=O) groups is 1. The fourth-order valence-corrected chi connectivity index (χ4v) is 6.37. The predicted octanol–water partition coefficient (Wildman–Crippen LogP) is 5.38. The van der Waals surface area contributed by atoms with E-state index in [-0.39, 0.29) is 40.6 Å². The number of aliphatic hydroxyl groups is 2. The molecule has 10 heteroatoms. The van der Waals surface area contributed by atoms with E-state index >= 15 is 8.78 Å². The molecule has 1 amide bonds. The monoisotopic (exact) mass is 615 g/mol. The number of amides is 1. The molecule has 1 aliphatic rings. The number of hydrogen-bond donors (Lipinski definition) is 4. The molecule has 1 heterocycles. The number of nitrogens with zero attached hydrogens (tertiary/aromatic N) is 1. The van der Waals surface area contributed by atoms with Crippen LogP contribution >= 0.6 is 23.2 Å². The third kappa shape index (κ3) is 6.17. The SMILES string of the molecule is CC(C)(CC1NC(C(=O)NCC[C@H](O)CO)C(c2cccc(Cl)c2F)C1(C#N)c1ccc(Cl)cc1F)c1ccccc1. The Morgan fingerprint density at radius 2 is 1.86 bits per heavy atom. The second kappa shape index (κ2) is 13.1. The van der Waals surface area contributed by atoms with Crippen molar-refractivity contribution in [3.63, 3.8) is 0 Å². The van der Waals surface area contributed by atoms with Gasteiger partial charge < -0.3 is 20.8 Å². The van der Waals surface area contributed by atoms with Gasteiger partial charge in [-0.2, -0.15) is 5.26 Å². The zero-order valence-electron chi connectivity index (χ0n) is 23.3. The summed E-state index contributed by atoms with van der Waals surface area (Å²) in [6, 6.07) is 18.2. The second-order valence-corrected chi connectivity index (χ2v) is 12.1. The number of carbonyl (C=O) groups excluding carboxylic acids is 1. The molecular formula is C32H33Cl2F2N3O3. The molecule has 4 N–H and O–H groups in total. The van der Waals surface area contributed by atoms with E-state index in [1.807, 2.05) is 44.2 Å². The van der Waals surface area contributed by atoms with Crippen molar-refractivity contribution in [3.05, 3.63) is 105 Å². The van der Waals surface area contributed by atoms with Gasteiger partial charge in [-0.1, -0.05) is 85.6 Å². The van der Waals surface area contributed by atoms with Crippen molar-refractivity contribution in [1.82, 2.24) is 10.6 Å². The van der Waals surface area contributed by atoms with Gasteiger partial charge in [-0.3, -0.25) is 4.79 Å². The van der Waals surface area contributed by atoms with Gasteiger partial charge in [0, 0.05) is 29.1 Å². The number of benzene rings is 3. The number of aliphatic hydroxyl groups excluding tert-OH is 2. The highest BCUT2D eigenvalue weighted by Gasteiger charge is 2.61. The van der Waals surface area contributed by atoms with E-state index in [1.165, 1.54) is 30.3 Å². The van der Waals surface area contributed by atoms with Crippen LogP contribution in [0.15, 0.2) is 66.7 Å². The van der Waals surface area contributed by atoms with E-state index in [1.54, 1.807) is 0 Å². The van der Waals surface area contributed by atoms with Crippen LogP contribution in [0.25, 0.3) is 0 Å². The van der Waals surface area contributed by atoms with Gasteiger partial charge in [0.2, 0.25) is 5.91 Å². The highest BCUT2D eigenvalue weighted by atomic mass is 35.5. The molecule has 4 rings (SSSR count). The first-order valence-electron chi connectivity index (χ1n) is 13.6. The molecular weight excluding hydrogens is 583 g/mol. The number of nitrogens with one attached hydrogen (secondary N) is 2. The summed E-state index contributed by atoms with van der Waals surface area (Å²) in [5, 5.41) is 35.9. The Kier molecular flexibility index (Phi) is 9.92. The Morgan fingerprint density at radius 1 is 1.14 bits per heavy atom. The Balaban J connectivity index is 1.92. The maximum absolute atomic E-state index is 15.9. The topological polar surface area (TPSA) is 105 Å². The van der Waals surface area contributed by atoms with E-state index < -0.39 is 59.1 Å². The van der Waals surface area contributed by atoms with Crippen molar-refractivity contribution in [2.24, 2.45) is 0 Å². The first-order chi connectivity index (χ1) is 20.0. The standard InChI is InChI=1S/C32H33Cl2F2N3O3/c1-31(2,19-7-4-3-5-8-19)16-26-32(18-37,23-12-11-20(33)15-25(23)35)27(22-9-6-10-24(34)28(22)36)29(39-26)30(42)38-14-13-21(41)17-40/h3-12,15,21,26-27,29,39-41H,13-14,16-17H2,1-2H3,(H,38,42)/t21-,26?,27?,29?,32?/m0/s1. The van der Waals surface area contributed by atoms with E-state index in [0.717, 1.165) is 11.6 Å². The third-order valence-electron chi connectivity index (χ3n) is 8.17. The lowest BCUT2D eigenvalue weighted by Gasteiger charge is -2.38. The zero-order valence-corrected chi connectivity index (χ0v) is 24.8. The number of rotatable bonds is 10. The maximum Gasteiger partial charge on any atom is 0.237 e. The van der Waals surface area contributed by atoms with Crippen LogP contribution in [0.3, 0.4) is 0 Å². The van der Waals surface area contributed by atoms with Gasteiger partial charge in [-0.25, -0.2) is 8.78 Å². The smallest absolute Gasteiger partial charge is 0.237 e. The van der Waals surface area contributed by atoms with Gasteiger partial charge in [-0.15, -0.1) is 0 Å². The molecule has 42 heavy (non-hydrogen) atoms. The Labute approximate surface area is 254 Å². The molecule has 1 aliphatic heterocycles. The van der Waals surface area contributed by atoms with Crippen molar-refractivity contribution >= 4 is 29.1 Å². The summed E-state index contributed by atoms with van der Waals surface area (Å²) in [6.07, 6.45) is -0.688. The molecule has 0 spiro atoms. The molecule has 0 aliphatic carbocycles. The van der Waals surface area contributed by atoms with Crippen LogP contribution in [0.4, 0.5) is 8.78 Å². The molecule has 0 aromatic heterocycles. The van der Waals surface area contributed by atoms with Crippen LogP contribution in [0.5, 0.6) is 0 Å². The summed E-state index contributed by atoms with van der Waals surface area (Å²) in [6.45, 7) is 3.52. The summed E-state index contributed by atoms with van der Waals surface area (Å²) in [5.41, 5.74) is -1.41. The van der Waals surface area contributed by atoms with Crippen LogP contribution in [0, 0.1) is 23.0 Å². The van der Waals surface area contributed by atoms with E-state index in [9.17, 15) is 15.2 Å². The minimum Gasteiger partial charge on any atom is -0.394 e. The summed E-state index contributed by atoms with van der Waals surface area (Å²) in [4.78, 5) is 13.8. The molecule has 0 saturated carbocycles. The average Bonchev–Trinajstić information content (AvgIpc) is 3.28. The van der Waals surface area contributed by atoms with Crippen LogP contribution in [-0.4, -0.2) is 47.5 Å². The molecule has 3 aromatic carbocycles. The van der Waals surface area contributed by atoms with Crippen molar-refractivity contribution in [3.8, 4) is 6.07 Å². The molecule has 0 bridgehead atoms. The van der Waals surface area contributed by atoms with Gasteiger partial charge in [0.25, 0.3) is 0 Å². The zero-order chi connectivity index (χ0) is 30.7. The minimum absolute atomic E-state index is 0.0124. The lowest BCUT2D eigenvalue weighted by atomic mass is 9.62. The maximum atomic E-state index is 15.9. The Bertz CT molecular complexity index is 1470. The summed E-state index contributed by atoms with van der Waals surface area (Å²) in [5.74, 6) is -3.35. The highest BCUT2D eigenvalue weighted by Crippen LogP contribution is 2.53. The highest BCUT2D eigenvalue weighted by molar-refractivity contribution is 6.31.